The van der Waals surface area contributed by atoms with Crippen LogP contribution in [-0.4, -0.2) is 82.9 Å². The van der Waals surface area contributed by atoms with Crippen LogP contribution in [0.15, 0.2) is 75.5 Å². The molecule has 276 valence electrons. The largest absolute Gasteiger partial charge is 0.390 e. The number of H-pyrrole nitrogens is 1. The Morgan fingerprint density at radius 1 is 1.04 bits per heavy atom. The van der Waals surface area contributed by atoms with Gasteiger partial charge in [-0.3, -0.25) is 15.0 Å². The van der Waals surface area contributed by atoms with Gasteiger partial charge in [0, 0.05) is 54.8 Å². The number of aliphatic hydroxyl groups is 1. The topological polar surface area (TPSA) is 235 Å². The normalized spacial score (nSPS) is 14.4. The van der Waals surface area contributed by atoms with Gasteiger partial charge in [-0.25, -0.2) is 13.2 Å². The van der Waals surface area contributed by atoms with Crippen LogP contribution in [0.2, 0.25) is 0 Å². The molecule has 51 heavy (non-hydrogen) atoms. The summed E-state index contributed by atoms with van der Waals surface area (Å²) in [7, 11) is -3.27. The molecular weight excluding hydrogens is 669 g/mol. The third kappa shape index (κ3) is 10.6. The Morgan fingerprint density at radius 3 is 2.22 bits per heavy atom. The molecule has 0 saturated carbocycles. The first-order valence-corrected chi connectivity index (χ1v) is 18.5. The van der Waals surface area contributed by atoms with Gasteiger partial charge in [-0.2, -0.15) is 4.98 Å². The van der Waals surface area contributed by atoms with Crippen LogP contribution in [0.5, 0.6) is 0 Å². The zero-order valence-electron chi connectivity index (χ0n) is 30.3. The molecule has 5 rings (SSSR count). The third-order valence-corrected chi connectivity index (χ3v) is 10.5. The van der Waals surface area contributed by atoms with E-state index in [-0.39, 0.29) is 46.7 Å². The van der Waals surface area contributed by atoms with Gasteiger partial charge >= 0.3 is 5.69 Å². The number of nitrogens with zero attached hydrogens (tertiary/aromatic N) is 4. The molecule has 0 spiro atoms. The molecule has 0 amide bonds. The smallest absolute Gasteiger partial charge is 0.354 e. The highest BCUT2D eigenvalue weighted by molar-refractivity contribution is 7.91. The van der Waals surface area contributed by atoms with Crippen LogP contribution < -0.4 is 28.2 Å². The summed E-state index contributed by atoms with van der Waals surface area (Å²) in [6.07, 6.45) is 1.14. The van der Waals surface area contributed by atoms with Crippen molar-refractivity contribution < 1.29 is 13.5 Å². The lowest BCUT2D eigenvalue weighted by atomic mass is 9.87. The summed E-state index contributed by atoms with van der Waals surface area (Å²) in [5, 5.41) is 21.1. The fraction of sp³-hybridized carbons (Fsp3) is 0.444. The summed E-state index contributed by atoms with van der Waals surface area (Å²) in [6, 6.07) is 16.8. The predicted molar refractivity (Wildman–Crippen MR) is 203 cm³/mol. The van der Waals surface area contributed by atoms with Crippen molar-refractivity contribution in [2.75, 3.05) is 31.9 Å². The van der Waals surface area contributed by atoms with Gasteiger partial charge in [0.25, 0.3) is 0 Å². The first-order chi connectivity index (χ1) is 23.7. The van der Waals surface area contributed by atoms with Gasteiger partial charge in [-0.15, -0.1) is 0 Å². The SMILES string of the molecule is CC(C)(C)c1cc2cn(-c3ccc(CNCC(O)CN=C(N)N)cc3)c(=O)nc2[nH]1.CC(C)(C)c1ccc(S(=O)(=O)CC2CN(C(=N)N)C2)cc1. The fourth-order valence-electron chi connectivity index (χ4n) is 5.46. The molecule has 0 bridgehead atoms. The molecule has 1 saturated heterocycles. The molecule has 0 aliphatic carbocycles. The van der Waals surface area contributed by atoms with Gasteiger partial charge < -0.3 is 37.5 Å². The Kier molecular flexibility index (Phi) is 12.0. The van der Waals surface area contributed by atoms with E-state index in [4.69, 9.17) is 22.6 Å². The van der Waals surface area contributed by atoms with Gasteiger partial charge in [0.1, 0.15) is 5.65 Å². The molecule has 2 aromatic carbocycles. The zero-order chi connectivity index (χ0) is 37.7. The summed E-state index contributed by atoms with van der Waals surface area (Å²) in [6.45, 7) is 14.8. The van der Waals surface area contributed by atoms with Crippen molar-refractivity contribution in [3.05, 3.63) is 88.1 Å². The molecule has 1 aliphatic rings. The summed E-state index contributed by atoms with van der Waals surface area (Å²) < 4.78 is 26.3. The lowest BCUT2D eigenvalue weighted by Crippen LogP contribution is -2.54. The molecule has 14 nitrogen and oxygen atoms in total. The first kappa shape index (κ1) is 39.1. The number of aromatic nitrogens is 3. The summed E-state index contributed by atoms with van der Waals surface area (Å²) in [5.41, 5.74) is 20.0. The van der Waals surface area contributed by atoms with Crippen LogP contribution in [0.3, 0.4) is 0 Å². The number of hydrogen-bond acceptors (Lipinski definition) is 8. The van der Waals surface area contributed by atoms with Crippen LogP contribution in [-0.2, 0) is 27.2 Å². The van der Waals surface area contributed by atoms with E-state index in [1.54, 1.807) is 21.6 Å². The fourth-order valence-corrected chi connectivity index (χ4v) is 7.03. The first-order valence-electron chi connectivity index (χ1n) is 16.8. The maximum atomic E-state index is 12.5. The molecule has 1 unspecified atom stereocenters. The number of guanidine groups is 2. The van der Waals surface area contributed by atoms with E-state index in [1.807, 2.05) is 48.7 Å². The van der Waals surface area contributed by atoms with Crippen molar-refractivity contribution in [2.24, 2.45) is 28.1 Å². The molecule has 1 fully saturated rings. The number of hydrogen-bond donors (Lipinski definition) is 7. The van der Waals surface area contributed by atoms with Crippen LogP contribution in [0.25, 0.3) is 16.7 Å². The van der Waals surface area contributed by atoms with Gasteiger partial charge in [-0.1, -0.05) is 65.8 Å². The molecule has 10 N–H and O–H groups in total. The average Bonchev–Trinajstić information content (AvgIpc) is 3.45. The van der Waals surface area contributed by atoms with Crippen LogP contribution in [0.4, 0.5) is 0 Å². The number of sulfone groups is 1. The van der Waals surface area contributed by atoms with Gasteiger partial charge in [0.2, 0.25) is 0 Å². The van der Waals surface area contributed by atoms with Crippen LogP contribution in [0.1, 0.15) is 58.4 Å². The standard InChI is InChI=1S/C21H29N7O2.C15H23N3O2S/c1-21(2,3)17-8-14-12-28(20(30)27-18(14)26-17)15-6-4-13(5-7-15)9-24-10-16(29)11-25-19(22)23;1-15(2,3)12-4-6-13(7-5-12)21(19,20)10-11-8-18(9-11)14(16)17/h4-8,12,16,24,29H,9-11H2,1-3H3,(H4,22,23,25)(H,26,27,30);4-7,11H,8-10H2,1-3H3,(H3,16,17). The Labute approximate surface area is 299 Å². The molecule has 4 aromatic rings. The molecule has 1 atom stereocenters. The molecule has 2 aromatic heterocycles. The lowest BCUT2D eigenvalue weighted by Gasteiger charge is -2.39. The predicted octanol–water partition coefficient (Wildman–Crippen LogP) is 2.32. The van der Waals surface area contributed by atoms with Gasteiger partial charge in [0.15, 0.2) is 21.8 Å². The molecule has 3 heterocycles. The molecular formula is C36H52N10O4S. The third-order valence-electron chi connectivity index (χ3n) is 8.56. The molecule has 15 heteroatoms. The molecule has 1 aliphatic heterocycles. The highest BCUT2D eigenvalue weighted by Crippen LogP contribution is 2.26. The Bertz CT molecular complexity index is 2000. The Morgan fingerprint density at radius 2 is 1.67 bits per heavy atom. The average molecular weight is 721 g/mol. The molecule has 0 radical (unpaired) electrons. The minimum atomic E-state index is -3.27. The Hall–Kier alpha value is -4.73. The second-order valence-electron chi connectivity index (χ2n) is 15.1. The number of benzene rings is 2. The van der Waals surface area contributed by atoms with E-state index in [0.29, 0.717) is 36.7 Å². The highest BCUT2D eigenvalue weighted by atomic mass is 32.2. The van der Waals surface area contributed by atoms with Gasteiger partial charge in [0.05, 0.1) is 29.0 Å². The quantitative estimate of drug-likeness (QED) is 0.0933. The number of aromatic amines is 1. The monoisotopic (exact) mass is 720 g/mol. The Balaban J connectivity index is 0.000000244. The second-order valence-corrected chi connectivity index (χ2v) is 17.1. The van der Waals surface area contributed by atoms with Crippen molar-refractivity contribution in [1.82, 2.24) is 24.8 Å². The summed E-state index contributed by atoms with van der Waals surface area (Å²) in [5.74, 6) is 0.146. The highest BCUT2D eigenvalue weighted by Gasteiger charge is 2.32. The van der Waals surface area contributed by atoms with E-state index >= 15 is 0 Å². The van der Waals surface area contributed by atoms with Crippen molar-refractivity contribution in [2.45, 2.75) is 69.9 Å². The van der Waals surface area contributed by atoms with Crippen molar-refractivity contribution >= 4 is 32.8 Å². The number of nitrogens with one attached hydrogen (secondary N) is 3. The number of likely N-dealkylation sites (tertiary alicyclic amines) is 1. The van der Waals surface area contributed by atoms with E-state index in [2.05, 4.69) is 61.8 Å². The van der Waals surface area contributed by atoms with E-state index in [1.165, 1.54) is 0 Å². The number of fused-ring (bicyclic) bond motifs is 1. The van der Waals surface area contributed by atoms with E-state index in [0.717, 1.165) is 27.9 Å². The lowest BCUT2D eigenvalue weighted by molar-refractivity contribution is 0.180. The van der Waals surface area contributed by atoms with Gasteiger partial charge in [-0.05, 0) is 46.9 Å². The summed E-state index contributed by atoms with van der Waals surface area (Å²) >= 11 is 0. The maximum Gasteiger partial charge on any atom is 0.354 e. The minimum Gasteiger partial charge on any atom is -0.390 e. The number of aliphatic imine (C=N–C) groups is 1. The van der Waals surface area contributed by atoms with E-state index < -0.39 is 15.9 Å². The van der Waals surface area contributed by atoms with Crippen molar-refractivity contribution in [3.63, 3.8) is 0 Å². The van der Waals surface area contributed by atoms with E-state index in [9.17, 15) is 18.3 Å². The number of nitrogens with two attached hydrogens (primary N) is 3. The second kappa shape index (κ2) is 15.7. The number of rotatable bonds is 10. The zero-order valence-corrected chi connectivity index (χ0v) is 31.1. The summed E-state index contributed by atoms with van der Waals surface area (Å²) in [4.78, 5) is 25.7. The maximum absolute atomic E-state index is 12.5. The van der Waals surface area contributed by atoms with Crippen LogP contribution in [0, 0.1) is 11.3 Å². The number of aliphatic hydroxyl groups excluding tert-OH is 1. The van der Waals surface area contributed by atoms with Crippen molar-refractivity contribution in [1.29, 1.82) is 5.41 Å². The van der Waals surface area contributed by atoms with Crippen molar-refractivity contribution in [3.8, 4) is 5.69 Å². The van der Waals surface area contributed by atoms with Crippen LogP contribution >= 0.6 is 0 Å². The minimum absolute atomic E-state index is 0.0122.